The Hall–Kier alpha value is -2.12. The van der Waals surface area contributed by atoms with E-state index in [9.17, 15) is 4.79 Å². The van der Waals surface area contributed by atoms with Crippen LogP contribution in [0.2, 0.25) is 19.6 Å². The summed E-state index contributed by atoms with van der Waals surface area (Å²) in [7, 11) is -1.45. The SMILES string of the molecule is CC.CC.CC(C)C(N)CO.CC(C)[C@@H](CO[Si](C)(C)C)N=Cc1ccccc1.O=Cc1ccccc1. The van der Waals surface area contributed by atoms with Crippen molar-refractivity contribution in [2.75, 3.05) is 13.2 Å². The van der Waals surface area contributed by atoms with Gasteiger partial charge in [0.2, 0.25) is 0 Å². The molecule has 0 spiro atoms. The van der Waals surface area contributed by atoms with E-state index in [0.717, 1.165) is 24.0 Å². The Bertz CT molecular complexity index is 761. The second kappa shape index (κ2) is 25.5. The van der Waals surface area contributed by atoms with Gasteiger partial charge in [-0.15, -0.1) is 0 Å². The van der Waals surface area contributed by atoms with E-state index >= 15 is 0 Å². The van der Waals surface area contributed by atoms with Crippen molar-refractivity contribution in [2.24, 2.45) is 22.6 Å². The average molecular weight is 533 g/mol. The van der Waals surface area contributed by atoms with E-state index < -0.39 is 8.32 Å². The first-order valence-electron chi connectivity index (χ1n) is 13.6. The summed E-state index contributed by atoms with van der Waals surface area (Å²) in [6, 6.07) is 19.5. The Morgan fingerprint density at radius 2 is 1.27 bits per heavy atom. The van der Waals surface area contributed by atoms with Gasteiger partial charge in [0.1, 0.15) is 6.29 Å². The van der Waals surface area contributed by atoms with Crippen LogP contribution in [0.3, 0.4) is 0 Å². The van der Waals surface area contributed by atoms with Crippen LogP contribution in [0.25, 0.3) is 0 Å². The molecule has 0 aliphatic heterocycles. The monoisotopic (exact) mass is 532 g/mol. The highest BCUT2D eigenvalue weighted by molar-refractivity contribution is 6.69. The minimum Gasteiger partial charge on any atom is -0.415 e. The summed E-state index contributed by atoms with van der Waals surface area (Å²) < 4.78 is 5.97. The van der Waals surface area contributed by atoms with Gasteiger partial charge >= 0.3 is 0 Å². The number of aliphatic imine (C=N–C) groups is 1. The molecule has 3 N–H and O–H groups in total. The molecule has 0 radical (unpaired) electrons. The molecule has 212 valence electrons. The van der Waals surface area contributed by atoms with E-state index in [1.165, 1.54) is 0 Å². The van der Waals surface area contributed by atoms with E-state index in [1.54, 1.807) is 12.1 Å². The lowest BCUT2D eigenvalue weighted by molar-refractivity contribution is 0.112. The maximum absolute atomic E-state index is 10.0. The molecule has 0 fully saturated rings. The molecule has 1 unspecified atom stereocenters. The molecule has 0 aliphatic rings. The zero-order chi connectivity index (χ0) is 29.3. The van der Waals surface area contributed by atoms with Gasteiger partial charge in [-0.3, -0.25) is 9.79 Å². The van der Waals surface area contributed by atoms with Crippen LogP contribution < -0.4 is 5.73 Å². The zero-order valence-electron chi connectivity index (χ0n) is 25.4. The Labute approximate surface area is 229 Å². The quantitative estimate of drug-likeness (QED) is 0.199. The van der Waals surface area contributed by atoms with Crippen LogP contribution in [0.15, 0.2) is 65.7 Å². The fourth-order valence-electron chi connectivity index (χ4n) is 2.21. The van der Waals surface area contributed by atoms with Gasteiger partial charge in [0.15, 0.2) is 8.32 Å². The second-order valence-corrected chi connectivity index (χ2v) is 14.1. The Morgan fingerprint density at radius 3 is 1.54 bits per heavy atom. The van der Waals surface area contributed by atoms with Crippen LogP contribution >= 0.6 is 0 Å². The number of aliphatic hydroxyl groups is 1. The van der Waals surface area contributed by atoms with Gasteiger partial charge in [-0.25, -0.2) is 0 Å². The maximum Gasteiger partial charge on any atom is 0.183 e. The Balaban J connectivity index is -0.000000503. The molecular formula is C31H56N2O3Si. The van der Waals surface area contributed by atoms with Crippen molar-refractivity contribution < 1.29 is 14.3 Å². The summed E-state index contributed by atoms with van der Waals surface area (Å²) in [5.41, 5.74) is 7.24. The predicted octanol–water partition coefficient (Wildman–Crippen LogP) is 7.50. The van der Waals surface area contributed by atoms with Crippen LogP contribution in [-0.4, -0.2) is 51.2 Å². The molecule has 0 amide bonds. The number of hydrogen-bond acceptors (Lipinski definition) is 5. The topological polar surface area (TPSA) is 84.9 Å². The highest BCUT2D eigenvalue weighted by Gasteiger charge is 2.19. The van der Waals surface area contributed by atoms with Crippen molar-refractivity contribution >= 4 is 20.8 Å². The molecule has 2 aromatic rings. The average Bonchev–Trinajstić information content (AvgIpc) is 2.91. The Morgan fingerprint density at radius 1 is 0.838 bits per heavy atom. The zero-order valence-corrected chi connectivity index (χ0v) is 26.4. The van der Waals surface area contributed by atoms with Crippen molar-refractivity contribution in [3.8, 4) is 0 Å². The summed E-state index contributed by atoms with van der Waals surface area (Å²) in [6.45, 7) is 23.8. The molecular weight excluding hydrogens is 476 g/mol. The first-order valence-corrected chi connectivity index (χ1v) is 17.0. The fraction of sp³-hybridized carbons (Fsp3) is 0.548. The number of carbonyl (C=O) groups excluding carboxylic acids is 1. The number of benzene rings is 2. The standard InChI is InChI=1S/C15H25NOSi.C7H6O.C5H13NO.2C2H6/c1-13(2)15(12-17-18(3,4)5)16-11-14-9-7-6-8-10-14;8-6-7-4-2-1-3-5-7;1-4(2)5(6)3-7;2*1-2/h6-11,13,15H,12H2,1-5H3;1-6H;4-5,7H,3,6H2,1-2H3;2*1-2H3/t15-;;;;/m1..../s1. The summed E-state index contributed by atoms with van der Waals surface area (Å²) in [5, 5.41) is 8.38. The van der Waals surface area contributed by atoms with Crippen LogP contribution in [0, 0.1) is 11.8 Å². The van der Waals surface area contributed by atoms with E-state index in [0.29, 0.717) is 11.8 Å². The molecule has 0 aromatic heterocycles. The molecule has 0 saturated carbocycles. The predicted molar refractivity (Wildman–Crippen MR) is 166 cm³/mol. The first kappa shape index (κ1) is 39.4. The molecule has 2 aromatic carbocycles. The number of aliphatic hydroxyl groups excluding tert-OH is 1. The van der Waals surface area contributed by atoms with E-state index in [1.807, 2.05) is 84.2 Å². The summed E-state index contributed by atoms with van der Waals surface area (Å²) in [6.07, 6.45) is 2.79. The normalized spacial score (nSPS) is 12.0. The van der Waals surface area contributed by atoms with E-state index in [2.05, 4.69) is 50.6 Å². The third-order valence-corrected chi connectivity index (χ3v) is 5.71. The van der Waals surface area contributed by atoms with E-state index in [-0.39, 0.29) is 18.7 Å². The third kappa shape index (κ3) is 25.3. The van der Waals surface area contributed by atoms with Crippen molar-refractivity contribution in [1.82, 2.24) is 0 Å². The van der Waals surface area contributed by atoms with Gasteiger partial charge in [0.25, 0.3) is 0 Å². The maximum atomic E-state index is 10.0. The number of aldehydes is 1. The summed E-state index contributed by atoms with van der Waals surface area (Å²) >= 11 is 0. The molecule has 2 rings (SSSR count). The third-order valence-electron chi connectivity index (χ3n) is 4.67. The number of hydrogen-bond donors (Lipinski definition) is 2. The number of rotatable bonds is 9. The lowest BCUT2D eigenvalue weighted by Gasteiger charge is -2.23. The van der Waals surface area contributed by atoms with Crippen LogP contribution in [0.1, 0.15) is 71.3 Å². The fourth-order valence-corrected chi connectivity index (χ4v) is 2.88. The molecule has 5 nitrogen and oxygen atoms in total. The summed E-state index contributed by atoms with van der Waals surface area (Å²) in [5.74, 6) is 0.895. The van der Waals surface area contributed by atoms with Crippen molar-refractivity contribution in [3.05, 3.63) is 71.8 Å². The van der Waals surface area contributed by atoms with Crippen LogP contribution in [0.4, 0.5) is 0 Å². The van der Waals surface area contributed by atoms with Gasteiger partial charge in [-0.05, 0) is 37.0 Å². The largest absolute Gasteiger partial charge is 0.415 e. The molecule has 0 heterocycles. The lowest BCUT2D eigenvalue weighted by Crippen LogP contribution is -2.31. The van der Waals surface area contributed by atoms with Crippen LogP contribution in [-0.2, 0) is 4.43 Å². The van der Waals surface area contributed by atoms with Gasteiger partial charge < -0.3 is 15.3 Å². The van der Waals surface area contributed by atoms with Crippen molar-refractivity contribution in [3.63, 3.8) is 0 Å². The van der Waals surface area contributed by atoms with Gasteiger partial charge in [0.05, 0.1) is 19.3 Å². The molecule has 0 bridgehead atoms. The number of carbonyl (C=O) groups is 1. The lowest BCUT2D eigenvalue weighted by atomic mass is 10.1. The smallest absolute Gasteiger partial charge is 0.183 e. The molecule has 2 atom stereocenters. The first-order chi connectivity index (χ1) is 17.5. The number of nitrogens with zero attached hydrogens (tertiary/aromatic N) is 1. The van der Waals surface area contributed by atoms with Gasteiger partial charge in [0, 0.05) is 17.8 Å². The summed E-state index contributed by atoms with van der Waals surface area (Å²) in [4.78, 5) is 14.7. The molecule has 0 aliphatic carbocycles. The number of nitrogens with two attached hydrogens (primary N) is 1. The van der Waals surface area contributed by atoms with Crippen molar-refractivity contribution in [1.29, 1.82) is 0 Å². The second-order valence-electron chi connectivity index (χ2n) is 9.54. The van der Waals surface area contributed by atoms with Crippen molar-refractivity contribution in [2.45, 2.75) is 87.1 Å². The Kier molecular flexibility index (Phi) is 27.2. The minimum atomic E-state index is -1.45. The van der Waals surface area contributed by atoms with Crippen LogP contribution in [0.5, 0.6) is 0 Å². The molecule has 37 heavy (non-hydrogen) atoms. The molecule has 6 heteroatoms. The molecule has 0 saturated heterocycles. The highest BCUT2D eigenvalue weighted by Crippen LogP contribution is 2.11. The van der Waals surface area contributed by atoms with E-state index in [4.69, 9.17) is 15.3 Å². The van der Waals surface area contributed by atoms with Gasteiger partial charge in [-0.1, -0.05) is 116 Å². The minimum absolute atomic E-state index is 0.0417. The van der Waals surface area contributed by atoms with Gasteiger partial charge in [-0.2, -0.15) is 0 Å². The highest BCUT2D eigenvalue weighted by atomic mass is 28.4.